The Morgan fingerprint density at radius 3 is 2.86 bits per heavy atom. The van der Waals surface area contributed by atoms with Crippen molar-refractivity contribution in [3.63, 3.8) is 0 Å². The Morgan fingerprint density at radius 1 is 1.50 bits per heavy atom. The molecule has 0 aromatic heterocycles. The third-order valence-corrected chi connectivity index (χ3v) is 2.83. The molecule has 0 bridgehead atoms. The van der Waals surface area contributed by atoms with Crippen LogP contribution in [0.4, 0.5) is 0 Å². The predicted octanol–water partition coefficient (Wildman–Crippen LogP) is 2.52. The lowest BCUT2D eigenvalue weighted by Crippen LogP contribution is -2.18. The van der Waals surface area contributed by atoms with Crippen molar-refractivity contribution in [2.45, 2.75) is 45.1 Å². The normalized spacial score (nSPS) is 21.5. The van der Waals surface area contributed by atoms with Crippen molar-refractivity contribution in [3.05, 3.63) is 11.6 Å². The molecule has 1 N–H and O–H groups in total. The first-order chi connectivity index (χ1) is 6.74. The number of methoxy groups -OCH3 is 1. The summed E-state index contributed by atoms with van der Waals surface area (Å²) in [5.74, 6) is 0.442. The van der Waals surface area contributed by atoms with Gasteiger partial charge in [0.05, 0.1) is 6.10 Å². The second kappa shape index (κ2) is 6.20. The Balaban J connectivity index is 2.32. The molecule has 2 heteroatoms. The van der Waals surface area contributed by atoms with E-state index in [0.717, 1.165) is 25.9 Å². The zero-order valence-corrected chi connectivity index (χ0v) is 9.33. The first-order valence-corrected chi connectivity index (χ1v) is 5.60. The number of ether oxygens (including phenoxy) is 1. The van der Waals surface area contributed by atoms with Gasteiger partial charge in [0.1, 0.15) is 0 Å². The van der Waals surface area contributed by atoms with E-state index in [1.54, 1.807) is 7.11 Å². The topological polar surface area (TPSA) is 29.5 Å². The van der Waals surface area contributed by atoms with Crippen LogP contribution in [-0.4, -0.2) is 24.9 Å². The fraction of sp³-hybridized carbons (Fsp3) is 0.833. The Morgan fingerprint density at radius 2 is 2.29 bits per heavy atom. The standard InChI is InChI=1S/C12H22O2/c1-10(9-14-2)8-12(13)11-6-4-3-5-7-11/h6,10,12-13H,3-5,7-9H2,1-2H3. The highest BCUT2D eigenvalue weighted by Gasteiger charge is 2.16. The first-order valence-electron chi connectivity index (χ1n) is 5.60. The van der Waals surface area contributed by atoms with Gasteiger partial charge in [0.15, 0.2) is 0 Å². The van der Waals surface area contributed by atoms with E-state index in [1.165, 1.54) is 18.4 Å². The van der Waals surface area contributed by atoms with Crippen LogP contribution >= 0.6 is 0 Å². The van der Waals surface area contributed by atoms with Crippen LogP contribution in [-0.2, 0) is 4.74 Å². The van der Waals surface area contributed by atoms with Gasteiger partial charge in [-0.15, -0.1) is 0 Å². The summed E-state index contributed by atoms with van der Waals surface area (Å²) in [6.07, 6.45) is 7.56. The van der Waals surface area contributed by atoms with Crippen molar-refractivity contribution in [1.29, 1.82) is 0 Å². The zero-order valence-electron chi connectivity index (χ0n) is 9.33. The van der Waals surface area contributed by atoms with Crippen LogP contribution in [0.15, 0.2) is 11.6 Å². The van der Waals surface area contributed by atoms with E-state index in [9.17, 15) is 5.11 Å². The highest BCUT2D eigenvalue weighted by Crippen LogP contribution is 2.23. The largest absolute Gasteiger partial charge is 0.389 e. The molecule has 0 saturated heterocycles. The minimum absolute atomic E-state index is 0.236. The summed E-state index contributed by atoms with van der Waals surface area (Å²) in [4.78, 5) is 0. The number of allylic oxidation sites excluding steroid dienone is 1. The van der Waals surface area contributed by atoms with Crippen molar-refractivity contribution in [3.8, 4) is 0 Å². The molecule has 0 aromatic rings. The molecule has 2 nitrogen and oxygen atoms in total. The summed E-state index contributed by atoms with van der Waals surface area (Å²) < 4.78 is 5.06. The molecule has 0 fully saturated rings. The second-order valence-electron chi connectivity index (χ2n) is 4.34. The molecular weight excluding hydrogens is 176 g/mol. The van der Waals surface area contributed by atoms with Crippen LogP contribution in [0, 0.1) is 5.92 Å². The van der Waals surface area contributed by atoms with Crippen LogP contribution in [0.3, 0.4) is 0 Å². The first kappa shape index (κ1) is 11.7. The van der Waals surface area contributed by atoms with Crippen molar-refractivity contribution in [2.75, 3.05) is 13.7 Å². The highest BCUT2D eigenvalue weighted by molar-refractivity contribution is 5.10. The molecule has 82 valence electrons. The van der Waals surface area contributed by atoms with E-state index < -0.39 is 0 Å². The van der Waals surface area contributed by atoms with E-state index >= 15 is 0 Å². The lowest BCUT2D eigenvalue weighted by Gasteiger charge is -2.21. The summed E-state index contributed by atoms with van der Waals surface area (Å²) in [7, 11) is 1.71. The highest BCUT2D eigenvalue weighted by atomic mass is 16.5. The quantitative estimate of drug-likeness (QED) is 0.688. The van der Waals surface area contributed by atoms with E-state index in [2.05, 4.69) is 13.0 Å². The van der Waals surface area contributed by atoms with Gasteiger partial charge in [-0.2, -0.15) is 0 Å². The third kappa shape index (κ3) is 3.81. The summed E-state index contributed by atoms with van der Waals surface area (Å²) in [5, 5.41) is 9.95. The van der Waals surface area contributed by atoms with Gasteiger partial charge in [0.2, 0.25) is 0 Å². The average Bonchev–Trinajstić information content (AvgIpc) is 2.19. The number of aliphatic hydroxyl groups is 1. The van der Waals surface area contributed by atoms with Gasteiger partial charge in [-0.1, -0.05) is 13.0 Å². The zero-order chi connectivity index (χ0) is 10.4. The lowest BCUT2D eigenvalue weighted by atomic mass is 9.91. The molecule has 0 aromatic carbocycles. The third-order valence-electron chi connectivity index (χ3n) is 2.83. The van der Waals surface area contributed by atoms with Crippen molar-refractivity contribution in [2.24, 2.45) is 5.92 Å². The fourth-order valence-electron chi connectivity index (χ4n) is 2.05. The molecule has 1 aliphatic rings. The van der Waals surface area contributed by atoms with Gasteiger partial charge in [0, 0.05) is 13.7 Å². The summed E-state index contributed by atoms with van der Waals surface area (Å²) >= 11 is 0. The second-order valence-corrected chi connectivity index (χ2v) is 4.34. The number of rotatable bonds is 5. The molecular formula is C12H22O2. The molecule has 1 aliphatic carbocycles. The van der Waals surface area contributed by atoms with Crippen LogP contribution in [0.5, 0.6) is 0 Å². The molecule has 14 heavy (non-hydrogen) atoms. The smallest absolute Gasteiger partial charge is 0.0753 e. The van der Waals surface area contributed by atoms with Crippen LogP contribution < -0.4 is 0 Å². The maximum absolute atomic E-state index is 9.95. The van der Waals surface area contributed by atoms with E-state index in [0.29, 0.717) is 5.92 Å². The molecule has 0 spiro atoms. The maximum Gasteiger partial charge on any atom is 0.0753 e. The Kier molecular flexibility index (Phi) is 5.20. The Hall–Kier alpha value is -0.340. The maximum atomic E-state index is 9.95. The van der Waals surface area contributed by atoms with Gasteiger partial charge in [-0.25, -0.2) is 0 Å². The van der Waals surface area contributed by atoms with Gasteiger partial charge in [0.25, 0.3) is 0 Å². The van der Waals surface area contributed by atoms with E-state index in [-0.39, 0.29) is 6.10 Å². The molecule has 0 heterocycles. The molecule has 0 aliphatic heterocycles. The average molecular weight is 198 g/mol. The Labute approximate surface area is 87.0 Å². The minimum Gasteiger partial charge on any atom is -0.389 e. The summed E-state index contributed by atoms with van der Waals surface area (Å²) in [5.41, 5.74) is 1.25. The minimum atomic E-state index is -0.236. The molecule has 0 amide bonds. The monoisotopic (exact) mass is 198 g/mol. The summed E-state index contributed by atoms with van der Waals surface area (Å²) in [6.45, 7) is 2.86. The van der Waals surface area contributed by atoms with E-state index in [4.69, 9.17) is 4.74 Å². The van der Waals surface area contributed by atoms with Crippen LogP contribution in [0.25, 0.3) is 0 Å². The van der Waals surface area contributed by atoms with Gasteiger partial charge < -0.3 is 9.84 Å². The summed E-state index contributed by atoms with van der Waals surface area (Å²) in [6, 6.07) is 0. The number of aliphatic hydroxyl groups excluding tert-OH is 1. The number of hydrogen-bond acceptors (Lipinski definition) is 2. The molecule has 2 unspecified atom stereocenters. The van der Waals surface area contributed by atoms with Gasteiger partial charge in [-0.3, -0.25) is 0 Å². The number of hydrogen-bond donors (Lipinski definition) is 1. The van der Waals surface area contributed by atoms with Gasteiger partial charge >= 0.3 is 0 Å². The van der Waals surface area contributed by atoms with Crippen LogP contribution in [0.2, 0.25) is 0 Å². The molecule has 2 atom stereocenters. The van der Waals surface area contributed by atoms with Crippen molar-refractivity contribution >= 4 is 0 Å². The van der Waals surface area contributed by atoms with Gasteiger partial charge in [-0.05, 0) is 43.6 Å². The molecule has 0 saturated carbocycles. The van der Waals surface area contributed by atoms with E-state index in [1.807, 2.05) is 0 Å². The molecule has 0 radical (unpaired) electrons. The molecule has 1 rings (SSSR count). The SMILES string of the molecule is COCC(C)CC(O)C1=CCCCC1. The Bertz CT molecular complexity index is 187. The predicted molar refractivity (Wildman–Crippen MR) is 58.2 cm³/mol. The lowest BCUT2D eigenvalue weighted by molar-refractivity contribution is 0.115. The van der Waals surface area contributed by atoms with Crippen LogP contribution in [0.1, 0.15) is 39.0 Å². The van der Waals surface area contributed by atoms with Crippen molar-refractivity contribution in [1.82, 2.24) is 0 Å². The van der Waals surface area contributed by atoms with Crippen molar-refractivity contribution < 1.29 is 9.84 Å². The fourth-order valence-corrected chi connectivity index (χ4v) is 2.05.